The minimum absolute atomic E-state index is 0.0432. The van der Waals surface area contributed by atoms with E-state index in [0.29, 0.717) is 17.2 Å². The summed E-state index contributed by atoms with van der Waals surface area (Å²) >= 11 is 3.43. The molecule has 0 saturated heterocycles. The second-order valence-electron chi connectivity index (χ2n) is 5.78. The lowest BCUT2D eigenvalue weighted by atomic mass is 10.0. The fourth-order valence-electron chi connectivity index (χ4n) is 2.07. The van der Waals surface area contributed by atoms with Crippen LogP contribution in [0.4, 0.5) is 5.69 Å². The van der Waals surface area contributed by atoms with Crippen molar-refractivity contribution in [3.05, 3.63) is 68.2 Å². The minimum Gasteiger partial charge on any atom is -0.483 e. The standard InChI is InChI=1S/C18H18BrN3O4/c1-12(2)14-6-7-17(16(19)9-14)26-11-18(23)21-20-10-13-4-3-5-15(8-13)22(24)25/h3-10,12H,11H2,1-2H3,(H,21,23)/b20-10+. The van der Waals surface area contributed by atoms with Crippen LogP contribution in [0.2, 0.25) is 0 Å². The van der Waals surface area contributed by atoms with Gasteiger partial charge in [0.15, 0.2) is 6.61 Å². The zero-order chi connectivity index (χ0) is 19.1. The van der Waals surface area contributed by atoms with Gasteiger partial charge in [0.2, 0.25) is 0 Å². The minimum atomic E-state index is -0.494. The highest BCUT2D eigenvalue weighted by Gasteiger charge is 2.08. The molecule has 136 valence electrons. The van der Waals surface area contributed by atoms with E-state index in [-0.39, 0.29) is 12.3 Å². The summed E-state index contributed by atoms with van der Waals surface area (Å²) in [5, 5.41) is 14.5. The molecule has 0 aromatic heterocycles. The first-order chi connectivity index (χ1) is 12.4. The maximum absolute atomic E-state index is 11.8. The fourth-order valence-corrected chi connectivity index (χ4v) is 2.58. The van der Waals surface area contributed by atoms with E-state index in [2.05, 4.69) is 40.3 Å². The molecule has 26 heavy (non-hydrogen) atoms. The molecule has 0 unspecified atom stereocenters. The predicted molar refractivity (Wildman–Crippen MR) is 103 cm³/mol. The first kappa shape index (κ1) is 19.6. The quantitative estimate of drug-likeness (QED) is 0.416. The van der Waals surface area contributed by atoms with Gasteiger partial charge in [0, 0.05) is 17.7 Å². The summed E-state index contributed by atoms with van der Waals surface area (Å²) in [4.78, 5) is 22.0. The summed E-state index contributed by atoms with van der Waals surface area (Å²) in [6.45, 7) is 3.98. The molecule has 7 nitrogen and oxygen atoms in total. The summed E-state index contributed by atoms with van der Waals surface area (Å²) in [6.07, 6.45) is 1.33. The third kappa shape index (κ3) is 5.66. The largest absolute Gasteiger partial charge is 0.483 e. The Labute approximate surface area is 159 Å². The van der Waals surface area contributed by atoms with E-state index < -0.39 is 10.8 Å². The number of non-ortho nitro benzene ring substituents is 1. The van der Waals surface area contributed by atoms with Crippen LogP contribution in [0.15, 0.2) is 52.0 Å². The third-order valence-corrected chi connectivity index (χ3v) is 4.08. The number of nitro groups is 1. The van der Waals surface area contributed by atoms with Crippen molar-refractivity contribution in [2.45, 2.75) is 19.8 Å². The lowest BCUT2D eigenvalue weighted by molar-refractivity contribution is -0.384. The summed E-state index contributed by atoms with van der Waals surface area (Å²) in [7, 11) is 0. The topological polar surface area (TPSA) is 93.8 Å². The third-order valence-electron chi connectivity index (χ3n) is 3.47. The summed E-state index contributed by atoms with van der Waals surface area (Å²) in [6, 6.07) is 11.6. The number of hydrazone groups is 1. The Balaban J connectivity index is 1.87. The Morgan fingerprint density at radius 1 is 1.35 bits per heavy atom. The van der Waals surface area contributed by atoms with Crippen LogP contribution in [-0.2, 0) is 4.79 Å². The zero-order valence-electron chi connectivity index (χ0n) is 14.3. The van der Waals surface area contributed by atoms with E-state index in [4.69, 9.17) is 4.74 Å². The lowest BCUT2D eigenvalue weighted by Gasteiger charge is -2.10. The SMILES string of the molecule is CC(C)c1ccc(OCC(=O)N/N=C/c2cccc([N+](=O)[O-])c2)c(Br)c1. The van der Waals surface area contributed by atoms with Gasteiger partial charge in [-0.3, -0.25) is 14.9 Å². The highest BCUT2D eigenvalue weighted by Crippen LogP contribution is 2.28. The van der Waals surface area contributed by atoms with Crippen LogP contribution in [0.25, 0.3) is 0 Å². The molecular formula is C18H18BrN3O4. The molecule has 0 heterocycles. The molecule has 2 aromatic carbocycles. The second-order valence-corrected chi connectivity index (χ2v) is 6.63. The first-order valence-corrected chi connectivity index (χ1v) is 8.64. The van der Waals surface area contributed by atoms with Crippen LogP contribution < -0.4 is 10.2 Å². The highest BCUT2D eigenvalue weighted by atomic mass is 79.9. The molecule has 0 aliphatic rings. The Morgan fingerprint density at radius 2 is 2.12 bits per heavy atom. The van der Waals surface area contributed by atoms with E-state index in [9.17, 15) is 14.9 Å². The Bertz CT molecular complexity index is 837. The number of amides is 1. The Morgan fingerprint density at radius 3 is 2.77 bits per heavy atom. The molecule has 0 saturated carbocycles. The average Bonchev–Trinajstić information content (AvgIpc) is 2.60. The van der Waals surface area contributed by atoms with Gasteiger partial charge in [0.25, 0.3) is 11.6 Å². The molecule has 1 N–H and O–H groups in total. The molecule has 0 spiro atoms. The summed E-state index contributed by atoms with van der Waals surface area (Å²) < 4.78 is 6.24. The number of nitro benzene ring substituents is 1. The molecule has 2 aromatic rings. The number of hydrogen-bond acceptors (Lipinski definition) is 5. The normalized spacial score (nSPS) is 10.9. The molecule has 2 rings (SSSR count). The van der Waals surface area contributed by atoms with Gasteiger partial charge in [-0.05, 0) is 39.5 Å². The molecule has 0 fully saturated rings. The van der Waals surface area contributed by atoms with E-state index in [1.807, 2.05) is 12.1 Å². The number of nitrogens with one attached hydrogen (secondary N) is 1. The van der Waals surface area contributed by atoms with Crippen molar-refractivity contribution in [3.8, 4) is 5.75 Å². The maximum Gasteiger partial charge on any atom is 0.277 e. The Kier molecular flexibility index (Phi) is 6.85. The van der Waals surface area contributed by atoms with Crippen molar-refractivity contribution in [2.24, 2.45) is 5.10 Å². The van der Waals surface area contributed by atoms with Gasteiger partial charge < -0.3 is 4.74 Å². The first-order valence-electron chi connectivity index (χ1n) is 7.85. The van der Waals surface area contributed by atoms with Gasteiger partial charge in [-0.1, -0.05) is 32.0 Å². The molecule has 8 heteroatoms. The number of nitrogens with zero attached hydrogens (tertiary/aromatic N) is 2. The van der Waals surface area contributed by atoms with Crippen molar-refractivity contribution in [3.63, 3.8) is 0 Å². The van der Waals surface area contributed by atoms with Crippen molar-refractivity contribution in [1.29, 1.82) is 0 Å². The number of benzene rings is 2. The van der Waals surface area contributed by atoms with Gasteiger partial charge in [0.1, 0.15) is 5.75 Å². The number of ether oxygens (including phenoxy) is 1. The summed E-state index contributed by atoms with van der Waals surface area (Å²) in [5.41, 5.74) is 3.95. The zero-order valence-corrected chi connectivity index (χ0v) is 15.9. The van der Waals surface area contributed by atoms with Crippen molar-refractivity contribution >= 4 is 33.7 Å². The molecule has 0 aliphatic heterocycles. The maximum atomic E-state index is 11.8. The summed E-state index contributed by atoms with van der Waals surface area (Å²) in [5.74, 6) is 0.519. The van der Waals surface area contributed by atoms with Crippen LogP contribution in [0.1, 0.15) is 30.9 Å². The van der Waals surface area contributed by atoms with E-state index >= 15 is 0 Å². The van der Waals surface area contributed by atoms with Crippen LogP contribution in [-0.4, -0.2) is 23.7 Å². The lowest BCUT2D eigenvalue weighted by Crippen LogP contribution is -2.24. The number of carbonyl (C=O) groups is 1. The molecule has 0 aliphatic carbocycles. The van der Waals surface area contributed by atoms with Crippen molar-refractivity contribution in [2.75, 3.05) is 6.61 Å². The fraction of sp³-hybridized carbons (Fsp3) is 0.222. The molecule has 1 amide bonds. The van der Waals surface area contributed by atoms with Crippen LogP contribution in [0.3, 0.4) is 0 Å². The van der Waals surface area contributed by atoms with E-state index in [1.54, 1.807) is 18.2 Å². The number of carbonyl (C=O) groups excluding carboxylic acids is 1. The van der Waals surface area contributed by atoms with Gasteiger partial charge in [0.05, 0.1) is 15.6 Å². The highest BCUT2D eigenvalue weighted by molar-refractivity contribution is 9.10. The van der Waals surface area contributed by atoms with E-state index in [0.717, 1.165) is 10.0 Å². The molecule has 0 bridgehead atoms. The van der Waals surface area contributed by atoms with Crippen LogP contribution in [0, 0.1) is 10.1 Å². The number of hydrogen-bond donors (Lipinski definition) is 1. The molecule has 0 atom stereocenters. The van der Waals surface area contributed by atoms with Crippen LogP contribution in [0.5, 0.6) is 5.75 Å². The van der Waals surface area contributed by atoms with Gasteiger partial charge in [-0.2, -0.15) is 5.10 Å². The van der Waals surface area contributed by atoms with E-state index in [1.165, 1.54) is 18.3 Å². The predicted octanol–water partition coefficient (Wildman–Crippen LogP) is 4.01. The second kappa shape index (κ2) is 9.10. The molecule has 0 radical (unpaired) electrons. The Hall–Kier alpha value is -2.74. The van der Waals surface area contributed by atoms with Crippen molar-refractivity contribution < 1.29 is 14.5 Å². The van der Waals surface area contributed by atoms with Gasteiger partial charge in [-0.15, -0.1) is 0 Å². The average molecular weight is 420 g/mol. The van der Waals surface area contributed by atoms with Crippen LogP contribution >= 0.6 is 15.9 Å². The van der Waals surface area contributed by atoms with Gasteiger partial charge >= 0.3 is 0 Å². The van der Waals surface area contributed by atoms with Crippen molar-refractivity contribution in [1.82, 2.24) is 5.43 Å². The molecular weight excluding hydrogens is 402 g/mol. The number of rotatable bonds is 7. The van der Waals surface area contributed by atoms with Gasteiger partial charge in [-0.25, -0.2) is 5.43 Å². The number of halogens is 1. The smallest absolute Gasteiger partial charge is 0.277 e. The monoisotopic (exact) mass is 419 g/mol.